The van der Waals surface area contributed by atoms with Crippen molar-refractivity contribution < 1.29 is 14.1 Å². The second kappa shape index (κ2) is 7.80. The number of carbonyl (C=O) groups is 1. The number of ether oxygens (including phenoxy) is 1. The van der Waals surface area contributed by atoms with Gasteiger partial charge >= 0.3 is 0 Å². The van der Waals surface area contributed by atoms with Crippen LogP contribution in [0.3, 0.4) is 0 Å². The highest BCUT2D eigenvalue weighted by Crippen LogP contribution is 2.40. The Kier molecular flexibility index (Phi) is 4.75. The van der Waals surface area contributed by atoms with Crippen LogP contribution >= 0.6 is 0 Å². The molecule has 0 radical (unpaired) electrons. The molecule has 2 aliphatic rings. The maximum atomic E-state index is 13.9. The Hall–Kier alpha value is -3.54. The summed E-state index contributed by atoms with van der Waals surface area (Å²) in [7, 11) is 1.68. The Balaban J connectivity index is 1.49. The molecule has 6 rings (SSSR count). The van der Waals surface area contributed by atoms with Gasteiger partial charge in [-0.25, -0.2) is 0 Å². The maximum absolute atomic E-state index is 13.9. The number of carbonyl (C=O) groups excluding carboxylic acids is 1. The summed E-state index contributed by atoms with van der Waals surface area (Å²) in [6, 6.07) is 14.3. The number of rotatable bonds is 3. The van der Waals surface area contributed by atoms with Crippen molar-refractivity contribution in [3.05, 3.63) is 81.9 Å². The summed E-state index contributed by atoms with van der Waals surface area (Å²) >= 11 is 0. The third kappa shape index (κ3) is 3.16. The van der Waals surface area contributed by atoms with E-state index >= 15 is 0 Å². The van der Waals surface area contributed by atoms with Crippen LogP contribution < -0.4 is 4.74 Å². The predicted molar refractivity (Wildman–Crippen MR) is 126 cm³/mol. The molecule has 1 atom stereocenters. The van der Waals surface area contributed by atoms with E-state index in [1.54, 1.807) is 7.11 Å². The average Bonchev–Trinajstić information content (AvgIpc) is 3.44. The topological polar surface area (TPSA) is 71.4 Å². The van der Waals surface area contributed by atoms with E-state index in [1.807, 2.05) is 24.0 Å². The van der Waals surface area contributed by atoms with E-state index in [9.17, 15) is 4.79 Å². The smallest absolute Gasteiger partial charge is 0.293 e. The van der Waals surface area contributed by atoms with Gasteiger partial charge in [-0.2, -0.15) is 0 Å². The van der Waals surface area contributed by atoms with Gasteiger partial charge in [-0.05, 0) is 73.9 Å². The van der Waals surface area contributed by atoms with Gasteiger partial charge < -0.3 is 19.1 Å². The highest BCUT2D eigenvalue weighted by atomic mass is 16.5. The van der Waals surface area contributed by atoms with Gasteiger partial charge in [0.1, 0.15) is 5.75 Å². The molecule has 6 heteroatoms. The summed E-state index contributed by atoms with van der Waals surface area (Å²) in [6.07, 6.45) is 4.72. The van der Waals surface area contributed by atoms with E-state index in [1.165, 1.54) is 10.9 Å². The van der Waals surface area contributed by atoms with Crippen LogP contribution in [-0.2, 0) is 19.3 Å². The van der Waals surface area contributed by atoms with Crippen molar-refractivity contribution in [1.29, 1.82) is 0 Å². The van der Waals surface area contributed by atoms with Crippen LogP contribution in [0.2, 0.25) is 0 Å². The number of amides is 1. The predicted octanol–water partition coefficient (Wildman–Crippen LogP) is 5.14. The molecule has 3 heterocycles. The van der Waals surface area contributed by atoms with Gasteiger partial charge in [0.25, 0.3) is 5.91 Å². The van der Waals surface area contributed by atoms with Crippen molar-refractivity contribution in [1.82, 2.24) is 15.0 Å². The van der Waals surface area contributed by atoms with Crippen LogP contribution in [0.1, 0.15) is 63.1 Å². The number of hydrogen-bond acceptors (Lipinski definition) is 4. The summed E-state index contributed by atoms with van der Waals surface area (Å²) in [5.41, 5.74) is 7.51. The fourth-order valence-electron chi connectivity index (χ4n) is 5.57. The first-order valence-electron chi connectivity index (χ1n) is 11.7. The summed E-state index contributed by atoms with van der Waals surface area (Å²) in [5, 5.41) is 5.47. The van der Waals surface area contributed by atoms with Crippen molar-refractivity contribution >= 4 is 16.8 Å². The molecule has 2 aromatic carbocycles. The molecule has 1 aliphatic carbocycles. The number of aromatic amines is 1. The number of nitrogens with one attached hydrogen (secondary N) is 1. The Labute approximate surface area is 192 Å². The molecule has 1 amide bonds. The third-order valence-electron chi connectivity index (χ3n) is 7.18. The fourth-order valence-corrected chi connectivity index (χ4v) is 5.57. The molecular formula is C27H27N3O3. The molecule has 0 bridgehead atoms. The first-order valence-corrected chi connectivity index (χ1v) is 11.7. The van der Waals surface area contributed by atoms with Gasteiger partial charge in [-0.3, -0.25) is 4.79 Å². The zero-order valence-corrected chi connectivity index (χ0v) is 19.0. The Morgan fingerprint density at radius 3 is 2.82 bits per heavy atom. The lowest BCUT2D eigenvalue weighted by Crippen LogP contribution is -2.41. The highest BCUT2D eigenvalue weighted by molar-refractivity contribution is 5.94. The normalized spacial score (nSPS) is 17.6. The summed E-state index contributed by atoms with van der Waals surface area (Å²) < 4.78 is 11.1. The standard InChI is InChI=1S/C27H27N3O3/c1-16-15-17(11-12-23(16)32-2)25-24-19(18-7-3-5-9-21(18)28-24)13-14-30(25)27(31)26-20-8-4-6-10-22(20)29-33-26/h3,5,7,9,11-12,15,25,28H,4,6,8,10,13-14H2,1-2H3/t25-/m0/s1. The van der Waals surface area contributed by atoms with E-state index in [0.29, 0.717) is 12.3 Å². The first kappa shape index (κ1) is 20.1. The van der Waals surface area contributed by atoms with Crippen LogP contribution in [0, 0.1) is 6.92 Å². The third-order valence-corrected chi connectivity index (χ3v) is 7.18. The molecule has 168 valence electrons. The summed E-state index contributed by atoms with van der Waals surface area (Å²) in [4.78, 5) is 19.5. The zero-order valence-electron chi connectivity index (χ0n) is 19.0. The quantitative estimate of drug-likeness (QED) is 0.478. The summed E-state index contributed by atoms with van der Waals surface area (Å²) in [6.45, 7) is 2.66. The molecule has 6 nitrogen and oxygen atoms in total. The second-order valence-corrected chi connectivity index (χ2v) is 9.09. The molecule has 0 saturated heterocycles. The van der Waals surface area contributed by atoms with Gasteiger partial charge in [0.05, 0.1) is 18.8 Å². The molecule has 4 aromatic rings. The molecule has 0 spiro atoms. The van der Waals surface area contributed by atoms with Crippen molar-refractivity contribution in [2.45, 2.75) is 45.1 Å². The number of hydrogen-bond donors (Lipinski definition) is 1. The molecule has 1 aliphatic heterocycles. The maximum Gasteiger partial charge on any atom is 0.293 e. The number of aryl methyl sites for hydroxylation is 2. The Bertz CT molecular complexity index is 1370. The number of methoxy groups -OCH3 is 1. The number of nitrogens with zero attached hydrogens (tertiary/aromatic N) is 2. The van der Waals surface area contributed by atoms with Crippen LogP contribution in [0.15, 0.2) is 47.0 Å². The van der Waals surface area contributed by atoms with Crippen molar-refractivity contribution in [3.63, 3.8) is 0 Å². The molecule has 2 aromatic heterocycles. The molecule has 1 N–H and O–H groups in total. The second-order valence-electron chi connectivity index (χ2n) is 9.09. The first-order chi connectivity index (χ1) is 16.2. The van der Waals surface area contributed by atoms with Crippen LogP contribution in [0.4, 0.5) is 0 Å². The molecule has 0 unspecified atom stereocenters. The fraction of sp³-hybridized carbons (Fsp3) is 0.333. The van der Waals surface area contributed by atoms with Crippen molar-refractivity contribution in [2.24, 2.45) is 0 Å². The Morgan fingerprint density at radius 1 is 1.12 bits per heavy atom. The van der Waals surface area contributed by atoms with Gasteiger partial charge in [0.15, 0.2) is 0 Å². The summed E-state index contributed by atoms with van der Waals surface area (Å²) in [5.74, 6) is 1.18. The minimum atomic E-state index is -0.234. The molecular weight excluding hydrogens is 414 g/mol. The van der Waals surface area contributed by atoms with Crippen LogP contribution in [0.25, 0.3) is 10.9 Å². The van der Waals surface area contributed by atoms with Gasteiger partial charge in [0.2, 0.25) is 5.76 Å². The number of para-hydroxylation sites is 1. The number of benzene rings is 2. The lowest BCUT2D eigenvalue weighted by Gasteiger charge is -2.36. The number of H-pyrrole nitrogens is 1. The van der Waals surface area contributed by atoms with E-state index in [0.717, 1.165) is 71.4 Å². The lowest BCUT2D eigenvalue weighted by molar-refractivity contribution is 0.0647. The lowest BCUT2D eigenvalue weighted by atomic mass is 9.90. The van der Waals surface area contributed by atoms with E-state index in [2.05, 4.69) is 40.5 Å². The van der Waals surface area contributed by atoms with E-state index in [-0.39, 0.29) is 11.9 Å². The molecule has 0 saturated carbocycles. The monoisotopic (exact) mass is 441 g/mol. The van der Waals surface area contributed by atoms with Crippen molar-refractivity contribution in [3.8, 4) is 5.75 Å². The van der Waals surface area contributed by atoms with Gasteiger partial charge in [-0.15, -0.1) is 0 Å². The minimum Gasteiger partial charge on any atom is -0.496 e. The van der Waals surface area contributed by atoms with Crippen LogP contribution in [0.5, 0.6) is 5.75 Å². The van der Waals surface area contributed by atoms with Crippen molar-refractivity contribution in [2.75, 3.05) is 13.7 Å². The van der Waals surface area contributed by atoms with Gasteiger partial charge in [0, 0.05) is 28.7 Å². The average molecular weight is 442 g/mol. The van der Waals surface area contributed by atoms with E-state index in [4.69, 9.17) is 9.26 Å². The number of fused-ring (bicyclic) bond motifs is 4. The van der Waals surface area contributed by atoms with Crippen LogP contribution in [-0.4, -0.2) is 34.6 Å². The zero-order chi connectivity index (χ0) is 22.5. The van der Waals surface area contributed by atoms with Gasteiger partial charge in [-0.1, -0.05) is 29.4 Å². The SMILES string of the molecule is COc1ccc([C@H]2c3[nH]c4ccccc4c3CCN2C(=O)c2onc3c2CCCC3)cc1C. The molecule has 33 heavy (non-hydrogen) atoms. The van der Waals surface area contributed by atoms with E-state index < -0.39 is 0 Å². The Morgan fingerprint density at radius 2 is 1.97 bits per heavy atom. The minimum absolute atomic E-state index is 0.0755. The largest absolute Gasteiger partial charge is 0.496 e. The highest BCUT2D eigenvalue weighted by Gasteiger charge is 2.38. The molecule has 0 fully saturated rings. The number of aromatic nitrogens is 2.